The predicted octanol–water partition coefficient (Wildman–Crippen LogP) is 0.720. The van der Waals surface area contributed by atoms with Crippen LogP contribution in [0.2, 0.25) is 0 Å². The Labute approximate surface area is 105 Å². The van der Waals surface area contributed by atoms with E-state index in [-0.39, 0.29) is 12.5 Å². The van der Waals surface area contributed by atoms with Crippen LogP contribution in [0.5, 0.6) is 0 Å². The van der Waals surface area contributed by atoms with Gasteiger partial charge in [-0.2, -0.15) is 0 Å². The summed E-state index contributed by atoms with van der Waals surface area (Å²) >= 11 is 1.37. The van der Waals surface area contributed by atoms with Gasteiger partial charge in [0.1, 0.15) is 0 Å². The van der Waals surface area contributed by atoms with Crippen molar-refractivity contribution in [3.8, 4) is 0 Å². The van der Waals surface area contributed by atoms with Gasteiger partial charge in [-0.15, -0.1) is 11.3 Å². The molecule has 5 nitrogen and oxygen atoms in total. The Balaban J connectivity index is 2.76. The molecule has 1 aromatic heterocycles. The van der Waals surface area contributed by atoms with E-state index in [0.29, 0.717) is 30.3 Å². The van der Waals surface area contributed by atoms with E-state index >= 15 is 0 Å². The number of aliphatic hydroxyl groups is 1. The lowest BCUT2D eigenvalue weighted by Gasteiger charge is -2.20. The molecule has 1 amide bonds. The molecule has 0 fully saturated rings. The Morgan fingerprint density at radius 3 is 2.76 bits per heavy atom. The van der Waals surface area contributed by atoms with Gasteiger partial charge >= 0.3 is 0 Å². The van der Waals surface area contributed by atoms with Crippen LogP contribution in [0.25, 0.3) is 0 Å². The van der Waals surface area contributed by atoms with Crippen LogP contribution in [-0.4, -0.2) is 49.3 Å². The average Bonchev–Trinajstić information content (AvgIpc) is 2.64. The molecule has 17 heavy (non-hydrogen) atoms. The first-order valence-electron chi connectivity index (χ1n) is 5.35. The molecule has 0 aliphatic carbocycles. The molecule has 1 rings (SSSR count). The highest BCUT2D eigenvalue weighted by atomic mass is 32.1. The quantitative estimate of drug-likeness (QED) is 0.788. The highest BCUT2D eigenvalue weighted by Crippen LogP contribution is 2.24. The van der Waals surface area contributed by atoms with Crippen molar-refractivity contribution in [3.63, 3.8) is 0 Å². The van der Waals surface area contributed by atoms with Gasteiger partial charge in [0.2, 0.25) is 0 Å². The predicted molar refractivity (Wildman–Crippen MR) is 68.3 cm³/mol. The molecule has 96 valence electrons. The average molecular weight is 258 g/mol. The molecule has 1 heterocycles. The Bertz CT molecular complexity index is 359. The summed E-state index contributed by atoms with van der Waals surface area (Å²) in [4.78, 5) is 15.2. The molecule has 0 atom stereocenters. The topological polar surface area (TPSA) is 75.8 Å². The van der Waals surface area contributed by atoms with Gasteiger partial charge in [0.25, 0.3) is 5.91 Å². The zero-order chi connectivity index (χ0) is 12.8. The SMILES string of the molecule is COCCN(CCO)C(=O)c1cc(N)c(C)s1. The van der Waals surface area contributed by atoms with Gasteiger partial charge < -0.3 is 20.5 Å². The number of nitrogens with zero attached hydrogens (tertiary/aromatic N) is 1. The van der Waals surface area contributed by atoms with Gasteiger partial charge in [-0.3, -0.25) is 4.79 Å². The second-order valence-electron chi connectivity index (χ2n) is 3.63. The van der Waals surface area contributed by atoms with Crippen LogP contribution in [0.15, 0.2) is 6.07 Å². The number of hydrogen-bond donors (Lipinski definition) is 2. The lowest BCUT2D eigenvalue weighted by Crippen LogP contribution is -2.35. The van der Waals surface area contributed by atoms with Gasteiger partial charge in [-0.05, 0) is 13.0 Å². The minimum absolute atomic E-state index is 0.0602. The van der Waals surface area contributed by atoms with E-state index < -0.39 is 0 Å². The number of thiophene rings is 1. The van der Waals surface area contributed by atoms with Crippen LogP contribution in [0, 0.1) is 6.92 Å². The largest absolute Gasteiger partial charge is 0.398 e. The smallest absolute Gasteiger partial charge is 0.264 e. The molecule has 6 heteroatoms. The highest BCUT2D eigenvalue weighted by molar-refractivity contribution is 7.14. The van der Waals surface area contributed by atoms with Crippen molar-refractivity contribution in [2.75, 3.05) is 39.1 Å². The van der Waals surface area contributed by atoms with Crippen LogP contribution >= 0.6 is 11.3 Å². The molecular weight excluding hydrogens is 240 g/mol. The summed E-state index contributed by atoms with van der Waals surface area (Å²) in [6.07, 6.45) is 0. The zero-order valence-electron chi connectivity index (χ0n) is 10.1. The number of carbonyl (C=O) groups excluding carboxylic acids is 1. The Morgan fingerprint density at radius 1 is 1.59 bits per heavy atom. The summed E-state index contributed by atoms with van der Waals surface area (Å²) in [5, 5.41) is 8.94. The maximum Gasteiger partial charge on any atom is 0.264 e. The second kappa shape index (κ2) is 6.58. The van der Waals surface area contributed by atoms with E-state index in [0.717, 1.165) is 4.88 Å². The third-order valence-corrected chi connectivity index (χ3v) is 3.44. The molecule has 0 unspecified atom stereocenters. The van der Waals surface area contributed by atoms with Crippen molar-refractivity contribution < 1.29 is 14.6 Å². The van der Waals surface area contributed by atoms with E-state index in [1.807, 2.05) is 6.92 Å². The molecule has 1 aromatic rings. The molecule has 0 saturated carbocycles. The van der Waals surface area contributed by atoms with Crippen LogP contribution in [-0.2, 0) is 4.74 Å². The first kappa shape index (κ1) is 14.0. The van der Waals surface area contributed by atoms with E-state index in [9.17, 15) is 4.79 Å². The number of amides is 1. The van der Waals surface area contributed by atoms with Gasteiger partial charge in [0.15, 0.2) is 0 Å². The van der Waals surface area contributed by atoms with Gasteiger partial charge in [0.05, 0.1) is 18.1 Å². The zero-order valence-corrected chi connectivity index (χ0v) is 10.9. The van der Waals surface area contributed by atoms with Crippen LogP contribution in [0.4, 0.5) is 5.69 Å². The van der Waals surface area contributed by atoms with Gasteiger partial charge in [-0.25, -0.2) is 0 Å². The Kier molecular flexibility index (Phi) is 5.40. The van der Waals surface area contributed by atoms with E-state index in [1.165, 1.54) is 11.3 Å². The molecule has 0 aliphatic rings. The first-order chi connectivity index (χ1) is 8.10. The third kappa shape index (κ3) is 3.69. The molecule has 0 spiro atoms. The standard InChI is InChI=1S/C11H18N2O3S/c1-8-9(12)7-10(17-8)11(15)13(3-5-14)4-6-16-2/h7,14H,3-6,12H2,1-2H3. The summed E-state index contributed by atoms with van der Waals surface area (Å²) in [5.41, 5.74) is 6.35. The normalized spacial score (nSPS) is 10.5. The maximum absolute atomic E-state index is 12.1. The number of hydrogen-bond acceptors (Lipinski definition) is 5. The first-order valence-corrected chi connectivity index (χ1v) is 6.16. The third-order valence-electron chi connectivity index (χ3n) is 2.39. The number of ether oxygens (including phenoxy) is 1. The van der Waals surface area contributed by atoms with Crippen molar-refractivity contribution in [2.24, 2.45) is 0 Å². The van der Waals surface area contributed by atoms with Gasteiger partial charge in [0, 0.05) is 30.8 Å². The van der Waals surface area contributed by atoms with E-state index in [4.69, 9.17) is 15.6 Å². The summed E-state index contributed by atoms with van der Waals surface area (Å²) in [7, 11) is 1.58. The number of nitrogen functional groups attached to an aromatic ring is 1. The van der Waals surface area contributed by atoms with Crippen LogP contribution in [0.1, 0.15) is 14.5 Å². The molecule has 0 aliphatic heterocycles. The fourth-order valence-corrected chi connectivity index (χ4v) is 2.30. The monoisotopic (exact) mass is 258 g/mol. The van der Waals surface area contributed by atoms with E-state index in [1.54, 1.807) is 18.1 Å². The summed E-state index contributed by atoms with van der Waals surface area (Å²) in [5.74, 6) is -0.110. The number of anilines is 1. The molecule has 3 N–H and O–H groups in total. The minimum atomic E-state index is -0.110. The van der Waals surface area contributed by atoms with Crippen LogP contribution < -0.4 is 5.73 Å². The number of nitrogens with two attached hydrogens (primary N) is 1. The number of aryl methyl sites for hydroxylation is 1. The van der Waals surface area contributed by atoms with Crippen LogP contribution in [0.3, 0.4) is 0 Å². The Morgan fingerprint density at radius 2 is 2.29 bits per heavy atom. The maximum atomic E-state index is 12.1. The molecule has 0 bridgehead atoms. The highest BCUT2D eigenvalue weighted by Gasteiger charge is 2.17. The lowest BCUT2D eigenvalue weighted by atomic mass is 10.3. The number of rotatable bonds is 6. The summed E-state index contributed by atoms with van der Waals surface area (Å²) in [6.45, 7) is 3.04. The molecule has 0 saturated heterocycles. The number of methoxy groups -OCH3 is 1. The molecule has 0 aromatic carbocycles. The van der Waals surface area contributed by atoms with Crippen molar-refractivity contribution in [1.29, 1.82) is 0 Å². The van der Waals surface area contributed by atoms with Crippen molar-refractivity contribution in [2.45, 2.75) is 6.92 Å². The van der Waals surface area contributed by atoms with E-state index in [2.05, 4.69) is 0 Å². The minimum Gasteiger partial charge on any atom is -0.398 e. The fraction of sp³-hybridized carbons (Fsp3) is 0.545. The molecular formula is C11H18N2O3S. The molecule has 0 radical (unpaired) electrons. The summed E-state index contributed by atoms with van der Waals surface area (Å²) in [6, 6.07) is 1.68. The van der Waals surface area contributed by atoms with Crippen molar-refractivity contribution in [1.82, 2.24) is 4.90 Å². The lowest BCUT2D eigenvalue weighted by molar-refractivity contribution is 0.0661. The van der Waals surface area contributed by atoms with Crippen molar-refractivity contribution in [3.05, 3.63) is 15.8 Å². The van der Waals surface area contributed by atoms with Crippen molar-refractivity contribution >= 4 is 22.9 Å². The second-order valence-corrected chi connectivity index (χ2v) is 4.89. The number of carbonyl (C=O) groups is 1. The Hall–Kier alpha value is -1.11. The summed E-state index contributed by atoms with van der Waals surface area (Å²) < 4.78 is 4.94. The number of aliphatic hydroxyl groups excluding tert-OH is 1. The fourth-order valence-electron chi connectivity index (χ4n) is 1.39. The van der Waals surface area contributed by atoms with Gasteiger partial charge in [-0.1, -0.05) is 0 Å².